The number of rotatable bonds is 14. The normalized spacial score (nSPS) is 17.1. The van der Waals surface area contributed by atoms with Gasteiger partial charge in [-0.2, -0.15) is 0 Å². The summed E-state index contributed by atoms with van der Waals surface area (Å²) in [5, 5.41) is 15.5. The number of hydrogen-bond acceptors (Lipinski definition) is 6. The van der Waals surface area contributed by atoms with Gasteiger partial charge in [-0.3, -0.25) is 4.79 Å². The standard InChI is InChI=1S/C36H33F2N5O4/c37-31-14-6-15-32(38)30(31)24-40-35(45)36(20-7-11-25-9-2-1-3-10-25)33(29-13-5-4-12-27(29)23-41-43-39)47-34(42-36)26-16-18-28(19-17-26)46-22-8-21-44/h1-7,9-19,33,44H,8,20-24H2,(H,40,45)/b11-7+/t33-,36-/m1/s1. The van der Waals surface area contributed by atoms with E-state index < -0.39 is 35.7 Å². The summed E-state index contributed by atoms with van der Waals surface area (Å²) < 4.78 is 41.3. The number of nitrogens with one attached hydrogen (secondary N) is 1. The van der Waals surface area contributed by atoms with Gasteiger partial charge in [0.05, 0.1) is 13.2 Å². The lowest BCUT2D eigenvalue weighted by Crippen LogP contribution is -2.48. The molecule has 11 heteroatoms. The fraction of sp³-hybridized carbons (Fsp3) is 0.222. The van der Waals surface area contributed by atoms with Gasteiger partial charge in [-0.25, -0.2) is 13.8 Å². The molecule has 0 bridgehead atoms. The highest BCUT2D eigenvalue weighted by Crippen LogP contribution is 2.44. The Kier molecular flexibility index (Phi) is 11.0. The molecule has 0 saturated heterocycles. The molecule has 0 aliphatic carbocycles. The van der Waals surface area contributed by atoms with Gasteiger partial charge in [0, 0.05) is 42.0 Å². The number of halogens is 2. The molecule has 9 nitrogen and oxygen atoms in total. The SMILES string of the molecule is [N-]=[N+]=NCc1ccccc1[C@H]1OC(c2ccc(OCCCO)cc2)=N[C@@]1(C/C=C/c1ccccc1)C(=O)NCc1c(F)cccc1F. The first kappa shape index (κ1) is 32.9. The summed E-state index contributed by atoms with van der Waals surface area (Å²) in [6.45, 7) is -0.0618. The molecule has 240 valence electrons. The molecule has 2 atom stereocenters. The fourth-order valence-electron chi connectivity index (χ4n) is 5.30. The molecule has 0 aromatic heterocycles. The quantitative estimate of drug-likeness (QED) is 0.0655. The van der Waals surface area contributed by atoms with Crippen LogP contribution in [0.4, 0.5) is 8.78 Å². The number of aliphatic hydroxyl groups is 1. The average Bonchev–Trinajstić information content (AvgIpc) is 3.48. The predicted molar refractivity (Wildman–Crippen MR) is 174 cm³/mol. The zero-order chi connectivity index (χ0) is 33.1. The monoisotopic (exact) mass is 637 g/mol. The highest BCUT2D eigenvalue weighted by Gasteiger charge is 2.53. The molecule has 0 unspecified atom stereocenters. The van der Waals surface area contributed by atoms with E-state index in [-0.39, 0.29) is 31.0 Å². The number of carbonyl (C=O) groups excluding carboxylic acids is 1. The van der Waals surface area contributed by atoms with E-state index in [2.05, 4.69) is 15.3 Å². The van der Waals surface area contributed by atoms with Crippen LogP contribution in [0.5, 0.6) is 5.75 Å². The maximum atomic E-state index is 14.6. The van der Waals surface area contributed by atoms with Crippen molar-refractivity contribution >= 4 is 17.9 Å². The number of nitrogens with zero attached hydrogens (tertiary/aromatic N) is 4. The van der Waals surface area contributed by atoms with E-state index >= 15 is 0 Å². The molecule has 1 aliphatic rings. The zero-order valence-corrected chi connectivity index (χ0v) is 25.4. The van der Waals surface area contributed by atoms with Crippen LogP contribution >= 0.6 is 0 Å². The van der Waals surface area contributed by atoms with Gasteiger partial charge in [-0.05, 0) is 58.6 Å². The predicted octanol–water partition coefficient (Wildman–Crippen LogP) is 7.21. The van der Waals surface area contributed by atoms with Crippen molar-refractivity contribution in [2.45, 2.75) is 37.6 Å². The van der Waals surface area contributed by atoms with Crippen molar-refractivity contribution in [3.8, 4) is 5.75 Å². The van der Waals surface area contributed by atoms with Gasteiger partial charge in [-0.1, -0.05) is 77.9 Å². The summed E-state index contributed by atoms with van der Waals surface area (Å²) >= 11 is 0. The molecule has 0 radical (unpaired) electrons. The van der Waals surface area contributed by atoms with Crippen LogP contribution in [-0.2, 0) is 22.6 Å². The first-order valence-corrected chi connectivity index (χ1v) is 15.1. The summed E-state index contributed by atoms with van der Waals surface area (Å²) in [7, 11) is 0. The van der Waals surface area contributed by atoms with Crippen LogP contribution in [0, 0.1) is 11.6 Å². The van der Waals surface area contributed by atoms with Crippen molar-refractivity contribution in [2.75, 3.05) is 13.2 Å². The van der Waals surface area contributed by atoms with E-state index in [9.17, 15) is 13.6 Å². The Hall–Kier alpha value is -5.51. The molecular formula is C36H33F2N5O4. The third kappa shape index (κ3) is 7.84. The lowest BCUT2D eigenvalue weighted by Gasteiger charge is -2.31. The van der Waals surface area contributed by atoms with E-state index in [1.165, 1.54) is 6.07 Å². The number of benzene rings is 4. The van der Waals surface area contributed by atoms with Crippen molar-refractivity contribution in [3.05, 3.63) is 153 Å². The number of ether oxygens (including phenoxy) is 2. The largest absolute Gasteiger partial charge is 0.494 e. The lowest BCUT2D eigenvalue weighted by atomic mass is 9.82. The lowest BCUT2D eigenvalue weighted by molar-refractivity contribution is -0.129. The maximum Gasteiger partial charge on any atom is 0.252 e. The smallest absolute Gasteiger partial charge is 0.252 e. The molecule has 4 aromatic carbocycles. The van der Waals surface area contributed by atoms with Gasteiger partial charge in [0.25, 0.3) is 5.91 Å². The number of aliphatic imine (C=N–C) groups is 1. The molecule has 0 saturated carbocycles. The molecule has 1 aliphatic heterocycles. The number of hydrogen-bond donors (Lipinski definition) is 2. The summed E-state index contributed by atoms with van der Waals surface area (Å²) in [5.74, 6) is -1.42. The molecule has 1 amide bonds. The van der Waals surface area contributed by atoms with Crippen LogP contribution in [0.2, 0.25) is 0 Å². The Morgan fingerprint density at radius 1 is 1.02 bits per heavy atom. The minimum Gasteiger partial charge on any atom is -0.494 e. The second-order valence-electron chi connectivity index (χ2n) is 10.8. The average molecular weight is 638 g/mol. The first-order valence-electron chi connectivity index (χ1n) is 15.1. The Balaban J connectivity index is 1.59. The van der Waals surface area contributed by atoms with Crippen LogP contribution < -0.4 is 10.1 Å². The van der Waals surface area contributed by atoms with Gasteiger partial charge >= 0.3 is 0 Å². The Labute approximate surface area is 270 Å². The second kappa shape index (κ2) is 15.7. The summed E-state index contributed by atoms with van der Waals surface area (Å²) in [6.07, 6.45) is 3.21. The van der Waals surface area contributed by atoms with Crippen molar-refractivity contribution in [3.63, 3.8) is 0 Å². The summed E-state index contributed by atoms with van der Waals surface area (Å²) in [5.41, 5.74) is 9.80. The van der Waals surface area contributed by atoms with E-state index in [4.69, 9.17) is 25.1 Å². The number of carbonyl (C=O) groups is 1. The van der Waals surface area contributed by atoms with Gasteiger partial charge in [0.2, 0.25) is 5.90 Å². The first-order chi connectivity index (χ1) is 22.9. The van der Waals surface area contributed by atoms with E-state index in [1.807, 2.05) is 42.5 Å². The van der Waals surface area contributed by atoms with Crippen LogP contribution in [-0.4, -0.2) is 35.7 Å². The van der Waals surface area contributed by atoms with Gasteiger partial charge in [0.15, 0.2) is 11.6 Å². The fourth-order valence-corrected chi connectivity index (χ4v) is 5.30. The summed E-state index contributed by atoms with van der Waals surface area (Å²) in [4.78, 5) is 22.2. The molecule has 1 heterocycles. The van der Waals surface area contributed by atoms with E-state index in [0.717, 1.165) is 17.7 Å². The molecule has 5 rings (SSSR count). The number of amides is 1. The van der Waals surface area contributed by atoms with Crippen LogP contribution in [0.25, 0.3) is 16.5 Å². The Bertz CT molecular complexity index is 1770. The van der Waals surface area contributed by atoms with E-state index in [0.29, 0.717) is 35.5 Å². The Morgan fingerprint density at radius 3 is 2.47 bits per heavy atom. The minimum absolute atomic E-state index is 0.000264. The second-order valence-corrected chi connectivity index (χ2v) is 10.8. The van der Waals surface area contributed by atoms with Crippen molar-refractivity contribution in [1.82, 2.24) is 5.32 Å². The van der Waals surface area contributed by atoms with Crippen molar-refractivity contribution < 1.29 is 28.2 Å². The summed E-state index contributed by atoms with van der Waals surface area (Å²) in [6, 6.07) is 27.1. The highest BCUT2D eigenvalue weighted by molar-refractivity contribution is 6.01. The van der Waals surface area contributed by atoms with Crippen molar-refractivity contribution in [2.24, 2.45) is 10.1 Å². The molecular weight excluding hydrogens is 604 g/mol. The molecule has 4 aromatic rings. The maximum absolute atomic E-state index is 14.6. The molecule has 0 spiro atoms. The third-order valence-electron chi connectivity index (χ3n) is 7.70. The molecule has 2 N–H and O–H groups in total. The number of aliphatic hydroxyl groups excluding tert-OH is 1. The third-order valence-corrected chi connectivity index (χ3v) is 7.70. The van der Waals surface area contributed by atoms with Crippen molar-refractivity contribution in [1.29, 1.82) is 0 Å². The molecule has 47 heavy (non-hydrogen) atoms. The van der Waals surface area contributed by atoms with Gasteiger partial charge < -0.3 is 19.9 Å². The van der Waals surface area contributed by atoms with Crippen LogP contribution in [0.15, 0.2) is 113 Å². The van der Waals surface area contributed by atoms with Gasteiger partial charge in [0.1, 0.15) is 17.4 Å². The number of azide groups is 1. The molecule has 0 fully saturated rings. The highest BCUT2D eigenvalue weighted by atomic mass is 19.1. The van der Waals surface area contributed by atoms with Crippen LogP contribution in [0.1, 0.15) is 46.8 Å². The van der Waals surface area contributed by atoms with Gasteiger partial charge in [-0.15, -0.1) is 0 Å². The zero-order valence-electron chi connectivity index (χ0n) is 25.4. The topological polar surface area (TPSA) is 129 Å². The van der Waals surface area contributed by atoms with Crippen LogP contribution in [0.3, 0.4) is 0 Å². The minimum atomic E-state index is -1.63. The van der Waals surface area contributed by atoms with E-state index in [1.54, 1.807) is 48.5 Å². The Morgan fingerprint density at radius 2 is 1.74 bits per heavy atom.